The zero-order chi connectivity index (χ0) is 20.1. The fraction of sp³-hybridized carbons (Fsp3) is 0.273. The molecule has 6 nitrogen and oxygen atoms in total. The quantitative estimate of drug-likeness (QED) is 0.652. The molecule has 0 aliphatic rings. The third kappa shape index (κ3) is 4.71. The van der Waals surface area contributed by atoms with Crippen molar-refractivity contribution in [2.24, 2.45) is 0 Å². The average Bonchev–Trinajstić information content (AvgIpc) is 3.11. The Labute approximate surface area is 163 Å². The molecule has 0 spiro atoms. The second kappa shape index (κ2) is 8.61. The van der Waals surface area contributed by atoms with E-state index in [0.29, 0.717) is 11.5 Å². The Hall–Kier alpha value is -3.28. The molecule has 0 radical (unpaired) electrons. The van der Waals surface area contributed by atoms with Gasteiger partial charge in [0.15, 0.2) is 0 Å². The molecule has 0 saturated carbocycles. The molecule has 0 saturated heterocycles. The number of benzene rings is 2. The average molecular weight is 380 g/mol. The number of hydrogen-bond acceptors (Lipinski definition) is 4. The Balaban J connectivity index is 1.69. The highest BCUT2D eigenvalue weighted by Gasteiger charge is 2.20. The molecule has 2 aromatic carbocycles. The third-order valence-corrected chi connectivity index (χ3v) is 4.53. The predicted molar refractivity (Wildman–Crippen MR) is 107 cm³/mol. The van der Waals surface area contributed by atoms with E-state index in [9.17, 15) is 9.59 Å². The Morgan fingerprint density at radius 3 is 2.43 bits per heavy atom. The number of methoxy groups -OCH3 is 1. The maximum Gasteiger partial charge on any atom is 0.222 e. The van der Waals surface area contributed by atoms with Crippen LogP contribution in [0.4, 0.5) is 0 Å². The highest BCUT2D eigenvalue weighted by atomic mass is 16.5. The van der Waals surface area contributed by atoms with Crippen LogP contribution in [0.25, 0.3) is 11.0 Å². The van der Waals surface area contributed by atoms with Crippen molar-refractivity contribution in [3.8, 4) is 5.75 Å². The third-order valence-electron chi connectivity index (χ3n) is 4.53. The van der Waals surface area contributed by atoms with E-state index in [0.717, 1.165) is 16.5 Å². The van der Waals surface area contributed by atoms with Crippen molar-refractivity contribution >= 4 is 22.8 Å². The summed E-state index contributed by atoms with van der Waals surface area (Å²) < 4.78 is 11.0. The highest BCUT2D eigenvalue weighted by Crippen LogP contribution is 2.25. The normalized spacial score (nSPS) is 13.0. The summed E-state index contributed by atoms with van der Waals surface area (Å²) in [6.45, 7) is 3.31. The van der Waals surface area contributed by atoms with E-state index in [-0.39, 0.29) is 24.3 Å². The molecule has 1 aromatic heterocycles. The molecule has 6 heteroatoms. The van der Waals surface area contributed by atoms with Crippen LogP contribution in [-0.4, -0.2) is 18.9 Å². The van der Waals surface area contributed by atoms with E-state index in [4.69, 9.17) is 9.15 Å². The van der Waals surface area contributed by atoms with Crippen molar-refractivity contribution in [1.82, 2.24) is 10.6 Å². The summed E-state index contributed by atoms with van der Waals surface area (Å²) in [5, 5.41) is 6.77. The summed E-state index contributed by atoms with van der Waals surface area (Å²) >= 11 is 0. The van der Waals surface area contributed by atoms with Gasteiger partial charge in [-0.25, -0.2) is 0 Å². The number of carbonyl (C=O) groups excluding carboxylic acids is 2. The van der Waals surface area contributed by atoms with E-state index in [2.05, 4.69) is 10.6 Å². The lowest BCUT2D eigenvalue weighted by molar-refractivity contribution is -0.123. The first-order valence-electron chi connectivity index (χ1n) is 9.15. The zero-order valence-electron chi connectivity index (χ0n) is 16.2. The Morgan fingerprint density at radius 1 is 1.07 bits per heavy atom. The van der Waals surface area contributed by atoms with Gasteiger partial charge in [0, 0.05) is 12.3 Å². The number of furan rings is 1. The van der Waals surface area contributed by atoms with Crippen LogP contribution in [0.5, 0.6) is 5.75 Å². The Bertz CT molecular complexity index is 929. The summed E-state index contributed by atoms with van der Waals surface area (Å²) in [5.74, 6) is 1.03. The molecule has 3 rings (SSSR count). The van der Waals surface area contributed by atoms with Crippen LogP contribution < -0.4 is 15.4 Å². The first-order chi connectivity index (χ1) is 13.5. The number of amides is 2. The first-order valence-corrected chi connectivity index (χ1v) is 9.15. The van der Waals surface area contributed by atoms with Crippen LogP contribution in [0.1, 0.15) is 43.7 Å². The fourth-order valence-corrected chi connectivity index (χ4v) is 3.11. The molecule has 0 fully saturated rings. The summed E-state index contributed by atoms with van der Waals surface area (Å²) in [4.78, 5) is 24.2. The van der Waals surface area contributed by atoms with Gasteiger partial charge in [-0.1, -0.05) is 30.3 Å². The second-order valence-corrected chi connectivity index (χ2v) is 6.71. The molecule has 28 heavy (non-hydrogen) atoms. The predicted octanol–water partition coefficient (Wildman–Crippen LogP) is 3.89. The van der Waals surface area contributed by atoms with Crippen molar-refractivity contribution in [2.75, 3.05) is 7.11 Å². The number of para-hydroxylation sites is 1. The highest BCUT2D eigenvalue weighted by molar-refractivity contribution is 5.80. The summed E-state index contributed by atoms with van der Waals surface area (Å²) in [6, 6.07) is 16.2. The van der Waals surface area contributed by atoms with Gasteiger partial charge in [0.25, 0.3) is 0 Å². The maximum absolute atomic E-state index is 12.6. The molecule has 0 bridgehead atoms. The number of ether oxygens (including phenoxy) is 1. The zero-order valence-corrected chi connectivity index (χ0v) is 16.2. The lowest BCUT2D eigenvalue weighted by Crippen LogP contribution is -2.33. The lowest BCUT2D eigenvalue weighted by atomic mass is 10.0. The van der Waals surface area contributed by atoms with E-state index >= 15 is 0 Å². The van der Waals surface area contributed by atoms with E-state index in [1.54, 1.807) is 19.2 Å². The molecular formula is C22H24N2O4. The van der Waals surface area contributed by atoms with Gasteiger partial charge in [-0.05, 0) is 36.8 Å². The maximum atomic E-state index is 12.6. The first kappa shape index (κ1) is 19.5. The van der Waals surface area contributed by atoms with Gasteiger partial charge in [-0.3, -0.25) is 9.59 Å². The Morgan fingerprint density at radius 2 is 1.79 bits per heavy atom. The molecule has 0 aliphatic carbocycles. The van der Waals surface area contributed by atoms with Crippen molar-refractivity contribution in [3.05, 3.63) is 65.9 Å². The summed E-state index contributed by atoms with van der Waals surface area (Å²) in [6.07, 6.45) is 0.122. The summed E-state index contributed by atoms with van der Waals surface area (Å²) in [5.41, 5.74) is 1.62. The van der Waals surface area contributed by atoms with Crippen LogP contribution >= 0.6 is 0 Å². The fourth-order valence-electron chi connectivity index (χ4n) is 3.11. The van der Waals surface area contributed by atoms with Gasteiger partial charge in [0.05, 0.1) is 25.6 Å². The van der Waals surface area contributed by atoms with Crippen molar-refractivity contribution in [1.29, 1.82) is 0 Å². The summed E-state index contributed by atoms with van der Waals surface area (Å²) in [7, 11) is 1.59. The van der Waals surface area contributed by atoms with Crippen molar-refractivity contribution in [2.45, 2.75) is 32.4 Å². The molecule has 2 atom stereocenters. The molecule has 2 N–H and O–H groups in total. The van der Waals surface area contributed by atoms with Crippen LogP contribution in [-0.2, 0) is 9.59 Å². The largest absolute Gasteiger partial charge is 0.497 e. The number of nitrogens with one attached hydrogen (secondary N) is 2. The molecule has 146 valence electrons. The molecule has 2 amide bonds. The van der Waals surface area contributed by atoms with Crippen LogP contribution in [0, 0.1) is 0 Å². The molecule has 3 aromatic rings. The number of hydrogen-bond donors (Lipinski definition) is 2. The number of rotatable bonds is 7. The van der Waals surface area contributed by atoms with Crippen LogP contribution in [0.15, 0.2) is 59.0 Å². The van der Waals surface area contributed by atoms with Gasteiger partial charge in [-0.15, -0.1) is 0 Å². The minimum absolute atomic E-state index is 0.122. The van der Waals surface area contributed by atoms with Crippen LogP contribution in [0.3, 0.4) is 0 Å². The van der Waals surface area contributed by atoms with E-state index < -0.39 is 6.04 Å². The number of fused-ring (bicyclic) bond motifs is 1. The minimum Gasteiger partial charge on any atom is -0.497 e. The van der Waals surface area contributed by atoms with Crippen molar-refractivity contribution in [3.63, 3.8) is 0 Å². The SMILES string of the molecule is COc1ccc(C(CC(=O)NC(C)c2cc3ccccc3o2)NC(C)=O)cc1. The van der Waals surface area contributed by atoms with Crippen LogP contribution in [0.2, 0.25) is 0 Å². The Kier molecular flexibility index (Phi) is 5.99. The van der Waals surface area contributed by atoms with E-state index in [1.165, 1.54) is 6.92 Å². The smallest absolute Gasteiger partial charge is 0.222 e. The van der Waals surface area contributed by atoms with Gasteiger partial charge in [0.1, 0.15) is 17.1 Å². The second-order valence-electron chi connectivity index (χ2n) is 6.71. The van der Waals surface area contributed by atoms with Gasteiger partial charge in [0.2, 0.25) is 11.8 Å². The van der Waals surface area contributed by atoms with E-state index in [1.807, 2.05) is 49.4 Å². The minimum atomic E-state index is -0.425. The molecule has 1 heterocycles. The topological polar surface area (TPSA) is 80.6 Å². The van der Waals surface area contributed by atoms with Gasteiger partial charge >= 0.3 is 0 Å². The van der Waals surface area contributed by atoms with Gasteiger partial charge in [-0.2, -0.15) is 0 Å². The van der Waals surface area contributed by atoms with Gasteiger partial charge < -0.3 is 19.8 Å². The monoisotopic (exact) mass is 380 g/mol. The lowest BCUT2D eigenvalue weighted by Gasteiger charge is -2.19. The molecule has 0 aliphatic heterocycles. The standard InChI is InChI=1S/C22H24N2O4/c1-14(21-12-17-6-4-5-7-20(17)28-21)23-22(26)13-19(24-15(2)25)16-8-10-18(27-3)11-9-16/h4-12,14,19H,13H2,1-3H3,(H,23,26)(H,24,25). The van der Waals surface area contributed by atoms with Crippen molar-refractivity contribution < 1.29 is 18.7 Å². The molecular weight excluding hydrogens is 356 g/mol. The number of carbonyl (C=O) groups is 2. The molecule has 2 unspecified atom stereocenters.